The van der Waals surface area contributed by atoms with E-state index in [9.17, 15) is 0 Å². The molecule has 1 aromatic carbocycles. The molecule has 0 atom stereocenters. The van der Waals surface area contributed by atoms with Crippen LogP contribution < -0.4 is 0 Å². The van der Waals surface area contributed by atoms with Gasteiger partial charge in [-0.15, -0.1) is 11.8 Å². The maximum atomic E-state index is 3.43. The summed E-state index contributed by atoms with van der Waals surface area (Å²) in [5.74, 6) is 13.2. The fourth-order valence-electron chi connectivity index (χ4n) is 5.92. The Morgan fingerprint density at radius 1 is 0.375 bits per heavy atom. The summed E-state index contributed by atoms with van der Waals surface area (Å²) in [5.41, 5.74) is 5.33. The topological polar surface area (TPSA) is 0 Å². The zero-order chi connectivity index (χ0) is 28.9. The highest BCUT2D eigenvalue weighted by Gasteiger charge is 2.08. The number of unbranched alkanes of at least 4 members (excludes halogenated alkanes) is 22. The van der Waals surface area contributed by atoms with Gasteiger partial charge in [0.05, 0.1) is 0 Å². The quantitative estimate of drug-likeness (QED) is 0.0800. The van der Waals surface area contributed by atoms with Gasteiger partial charge in [0.1, 0.15) is 0 Å². The van der Waals surface area contributed by atoms with Crippen molar-refractivity contribution in [2.45, 2.75) is 195 Å². The van der Waals surface area contributed by atoms with E-state index in [4.69, 9.17) is 0 Å². The molecule has 1 aromatic rings. The summed E-state index contributed by atoms with van der Waals surface area (Å²) in [4.78, 5) is 0. The van der Waals surface area contributed by atoms with Crippen LogP contribution in [0, 0.1) is 23.7 Å². The second-order valence-corrected chi connectivity index (χ2v) is 12.2. The molecule has 0 N–H and O–H groups in total. The van der Waals surface area contributed by atoms with Gasteiger partial charge in [0.2, 0.25) is 0 Å². The van der Waals surface area contributed by atoms with Gasteiger partial charge in [-0.1, -0.05) is 167 Å². The molecule has 1 rings (SSSR count). The van der Waals surface area contributed by atoms with Gasteiger partial charge in [0.25, 0.3) is 0 Å². The molecule has 0 spiro atoms. The van der Waals surface area contributed by atoms with E-state index in [-0.39, 0.29) is 0 Å². The van der Waals surface area contributed by atoms with Gasteiger partial charge >= 0.3 is 0 Å². The molecule has 40 heavy (non-hydrogen) atoms. The van der Waals surface area contributed by atoms with Gasteiger partial charge in [-0.25, -0.2) is 0 Å². The number of benzene rings is 1. The summed E-state index contributed by atoms with van der Waals surface area (Å²) in [6, 6.07) is 4.76. The van der Waals surface area contributed by atoms with Crippen LogP contribution in [0.25, 0.3) is 0 Å². The molecule has 0 nitrogen and oxygen atoms in total. The van der Waals surface area contributed by atoms with E-state index < -0.39 is 0 Å². The molecular weight excluding hydrogens is 480 g/mol. The van der Waals surface area contributed by atoms with E-state index in [1.807, 2.05) is 13.8 Å². The first-order valence-electron chi connectivity index (χ1n) is 17.8. The molecule has 226 valence electrons. The third kappa shape index (κ3) is 19.4. The molecular formula is C40H66. The number of hydrogen-bond donors (Lipinski definition) is 0. The lowest BCUT2D eigenvalue weighted by Crippen LogP contribution is -1.99. The van der Waals surface area contributed by atoms with Crippen molar-refractivity contribution in [3.8, 4) is 23.7 Å². The molecule has 0 aliphatic heterocycles. The van der Waals surface area contributed by atoms with Gasteiger partial charge in [0, 0.05) is 11.1 Å². The molecule has 0 amide bonds. The van der Waals surface area contributed by atoms with E-state index in [0.29, 0.717) is 0 Å². The van der Waals surface area contributed by atoms with Gasteiger partial charge < -0.3 is 0 Å². The Kier molecular flexibility index (Phi) is 25.0. The first-order valence-corrected chi connectivity index (χ1v) is 17.8. The Morgan fingerprint density at radius 2 is 0.625 bits per heavy atom. The summed E-state index contributed by atoms with van der Waals surface area (Å²) in [6.07, 6.45) is 35.8. The lowest BCUT2D eigenvalue weighted by Gasteiger charge is -2.12. The minimum absolute atomic E-state index is 1.14. The predicted octanol–water partition coefficient (Wildman–Crippen LogP) is 12.9. The molecule has 0 saturated heterocycles. The first-order chi connectivity index (χ1) is 19.8. The van der Waals surface area contributed by atoms with E-state index in [1.54, 1.807) is 0 Å². The summed E-state index contributed by atoms with van der Waals surface area (Å²) in [6.45, 7) is 8.54. The molecule has 0 heterocycles. The lowest BCUT2D eigenvalue weighted by atomic mass is 9.92. The lowest BCUT2D eigenvalue weighted by molar-refractivity contribution is 0.543. The van der Waals surface area contributed by atoms with Gasteiger partial charge in [-0.3, -0.25) is 0 Å². The average Bonchev–Trinajstić information content (AvgIpc) is 2.96. The van der Waals surface area contributed by atoms with Crippen LogP contribution in [0.1, 0.15) is 204 Å². The number of aryl methyl sites for hydroxylation is 2. The van der Waals surface area contributed by atoms with Crippen LogP contribution in [0.5, 0.6) is 0 Å². The summed E-state index contributed by atoms with van der Waals surface area (Å²) in [5, 5.41) is 0. The predicted molar refractivity (Wildman–Crippen MR) is 181 cm³/mol. The molecule has 0 heteroatoms. The maximum absolute atomic E-state index is 3.43. The van der Waals surface area contributed by atoms with Crippen molar-refractivity contribution in [3.63, 3.8) is 0 Å². The van der Waals surface area contributed by atoms with Crippen LogP contribution in [0.15, 0.2) is 12.1 Å². The first kappa shape index (κ1) is 36.4. The standard InChI is InChI=1S/C40H66/c1-5-9-11-13-15-17-19-21-23-25-27-29-33-39-35-38(32-8-4)40(36-37(39)31-7-3)34-30-28-26-24-22-20-18-16-14-12-10-6-2/h35-36H,5-6,9-30,33-34H2,1-4H3. The molecule has 0 unspecified atom stereocenters. The number of rotatable bonds is 26. The fraction of sp³-hybridized carbons (Fsp3) is 0.750. The molecule has 0 bridgehead atoms. The highest BCUT2D eigenvalue weighted by molar-refractivity contribution is 5.52. The maximum Gasteiger partial charge on any atom is 0.0280 e. The zero-order valence-corrected chi connectivity index (χ0v) is 27.5. The molecule has 0 radical (unpaired) electrons. The van der Waals surface area contributed by atoms with Crippen molar-refractivity contribution in [1.82, 2.24) is 0 Å². The second-order valence-electron chi connectivity index (χ2n) is 12.2. The summed E-state index contributed by atoms with van der Waals surface area (Å²) < 4.78 is 0. The van der Waals surface area contributed by atoms with Crippen LogP contribution >= 0.6 is 0 Å². The van der Waals surface area contributed by atoms with E-state index in [0.717, 1.165) is 12.8 Å². The minimum Gasteiger partial charge on any atom is -0.101 e. The Morgan fingerprint density at radius 3 is 0.875 bits per heavy atom. The Hall–Kier alpha value is -1.66. The van der Waals surface area contributed by atoms with Crippen LogP contribution in [0.2, 0.25) is 0 Å². The van der Waals surface area contributed by atoms with Crippen molar-refractivity contribution in [2.75, 3.05) is 0 Å². The molecule has 0 aliphatic rings. The van der Waals surface area contributed by atoms with Crippen LogP contribution in [0.3, 0.4) is 0 Å². The van der Waals surface area contributed by atoms with Crippen LogP contribution in [-0.4, -0.2) is 0 Å². The van der Waals surface area contributed by atoms with Crippen LogP contribution in [-0.2, 0) is 12.8 Å². The molecule has 0 aromatic heterocycles. The van der Waals surface area contributed by atoms with Crippen LogP contribution in [0.4, 0.5) is 0 Å². The van der Waals surface area contributed by atoms with Gasteiger partial charge in [0.15, 0.2) is 0 Å². The molecule has 0 aliphatic carbocycles. The third-order valence-corrected chi connectivity index (χ3v) is 8.45. The third-order valence-electron chi connectivity index (χ3n) is 8.45. The Bertz CT molecular complexity index is 765. The van der Waals surface area contributed by atoms with Gasteiger partial charge in [-0.2, -0.15) is 0 Å². The Labute approximate surface area is 252 Å². The monoisotopic (exact) mass is 547 g/mol. The van der Waals surface area contributed by atoms with Crippen molar-refractivity contribution < 1.29 is 0 Å². The largest absolute Gasteiger partial charge is 0.101 e. The van der Waals surface area contributed by atoms with Crippen molar-refractivity contribution in [2.24, 2.45) is 0 Å². The van der Waals surface area contributed by atoms with Gasteiger partial charge in [-0.05, 0) is 62.8 Å². The highest BCUT2D eigenvalue weighted by atomic mass is 14.1. The SMILES string of the molecule is CC#Cc1cc(CCCCCCCCCCCCCC)c(C#CC)cc1CCCCCCCCCCCCCC. The van der Waals surface area contributed by atoms with E-state index in [2.05, 4.69) is 49.7 Å². The summed E-state index contributed by atoms with van der Waals surface area (Å²) >= 11 is 0. The average molecular weight is 547 g/mol. The van der Waals surface area contributed by atoms with E-state index in [1.165, 1.54) is 176 Å². The fourth-order valence-corrected chi connectivity index (χ4v) is 5.92. The number of hydrogen-bond acceptors (Lipinski definition) is 0. The minimum atomic E-state index is 1.14. The highest BCUT2D eigenvalue weighted by Crippen LogP contribution is 2.22. The normalized spacial score (nSPS) is 10.7. The molecule has 0 saturated carbocycles. The van der Waals surface area contributed by atoms with Crippen molar-refractivity contribution in [1.29, 1.82) is 0 Å². The Balaban J connectivity index is 2.35. The van der Waals surface area contributed by atoms with Crippen molar-refractivity contribution >= 4 is 0 Å². The smallest absolute Gasteiger partial charge is 0.0280 e. The van der Waals surface area contributed by atoms with E-state index >= 15 is 0 Å². The van der Waals surface area contributed by atoms with Crippen molar-refractivity contribution in [3.05, 3.63) is 34.4 Å². The second kappa shape index (κ2) is 27.5. The summed E-state index contributed by atoms with van der Waals surface area (Å²) in [7, 11) is 0. The zero-order valence-electron chi connectivity index (χ0n) is 27.5. The molecule has 0 fully saturated rings.